The number of halogens is 1. The molecule has 0 aliphatic carbocycles. The summed E-state index contributed by atoms with van der Waals surface area (Å²) in [6, 6.07) is 12.1. The van der Waals surface area contributed by atoms with Gasteiger partial charge in [0.2, 0.25) is 0 Å². The molecule has 20 heavy (non-hydrogen) atoms. The molecule has 3 nitrogen and oxygen atoms in total. The van der Waals surface area contributed by atoms with E-state index in [2.05, 4.69) is 40.3 Å². The van der Waals surface area contributed by atoms with Crippen molar-refractivity contribution >= 4 is 21.6 Å². The van der Waals surface area contributed by atoms with Crippen molar-refractivity contribution in [1.29, 1.82) is 0 Å². The third-order valence-corrected chi connectivity index (χ3v) is 4.18. The van der Waals surface area contributed by atoms with Crippen LogP contribution in [-0.4, -0.2) is 14.2 Å². The first kappa shape index (κ1) is 14.7. The maximum Gasteiger partial charge on any atom is 0.161 e. The van der Waals surface area contributed by atoms with Gasteiger partial charge in [0.15, 0.2) is 11.5 Å². The van der Waals surface area contributed by atoms with E-state index in [4.69, 9.17) is 9.47 Å². The first-order valence-electron chi connectivity index (χ1n) is 6.35. The summed E-state index contributed by atoms with van der Waals surface area (Å²) in [7, 11) is 3.28. The van der Waals surface area contributed by atoms with Crippen LogP contribution in [0.4, 0.5) is 5.69 Å². The van der Waals surface area contributed by atoms with Crippen molar-refractivity contribution in [2.24, 2.45) is 0 Å². The zero-order valence-electron chi connectivity index (χ0n) is 11.9. The van der Waals surface area contributed by atoms with Crippen molar-refractivity contribution in [3.63, 3.8) is 0 Å². The van der Waals surface area contributed by atoms with Crippen molar-refractivity contribution in [3.05, 3.63) is 52.0 Å². The van der Waals surface area contributed by atoms with E-state index in [0.717, 1.165) is 33.8 Å². The molecule has 0 aliphatic heterocycles. The largest absolute Gasteiger partial charge is 0.493 e. The summed E-state index contributed by atoms with van der Waals surface area (Å²) in [5, 5.41) is 3.42. The molecule has 0 bridgehead atoms. The maximum absolute atomic E-state index is 5.31. The third kappa shape index (κ3) is 3.25. The summed E-state index contributed by atoms with van der Waals surface area (Å²) >= 11 is 3.60. The second-order valence-electron chi connectivity index (χ2n) is 4.48. The molecule has 2 aromatic carbocycles. The highest BCUT2D eigenvalue weighted by atomic mass is 79.9. The zero-order chi connectivity index (χ0) is 14.5. The van der Waals surface area contributed by atoms with Crippen LogP contribution in [-0.2, 0) is 6.54 Å². The number of anilines is 1. The topological polar surface area (TPSA) is 30.5 Å². The molecular weight excluding hydrogens is 318 g/mol. The van der Waals surface area contributed by atoms with E-state index in [1.54, 1.807) is 14.2 Å². The Labute approximate surface area is 128 Å². The molecule has 0 radical (unpaired) electrons. The van der Waals surface area contributed by atoms with Gasteiger partial charge in [0.1, 0.15) is 0 Å². The molecule has 0 unspecified atom stereocenters. The lowest BCUT2D eigenvalue weighted by Gasteiger charge is -2.12. The highest BCUT2D eigenvalue weighted by Gasteiger charge is 2.06. The van der Waals surface area contributed by atoms with Gasteiger partial charge in [-0.3, -0.25) is 0 Å². The van der Waals surface area contributed by atoms with Gasteiger partial charge in [0.05, 0.1) is 14.2 Å². The maximum atomic E-state index is 5.31. The Bertz CT molecular complexity index is 599. The van der Waals surface area contributed by atoms with E-state index >= 15 is 0 Å². The van der Waals surface area contributed by atoms with Crippen LogP contribution in [0.3, 0.4) is 0 Å². The lowest BCUT2D eigenvalue weighted by molar-refractivity contribution is 0.354. The average Bonchev–Trinajstić information content (AvgIpc) is 2.48. The quantitative estimate of drug-likeness (QED) is 0.879. The van der Waals surface area contributed by atoms with Gasteiger partial charge >= 0.3 is 0 Å². The molecule has 0 heterocycles. The number of nitrogens with one attached hydrogen (secondary N) is 1. The predicted octanol–water partition coefficient (Wildman–Crippen LogP) is 4.39. The van der Waals surface area contributed by atoms with E-state index in [1.807, 2.05) is 24.3 Å². The molecule has 0 saturated carbocycles. The summed E-state index contributed by atoms with van der Waals surface area (Å²) in [5.74, 6) is 1.49. The van der Waals surface area contributed by atoms with Crippen molar-refractivity contribution < 1.29 is 9.47 Å². The number of rotatable bonds is 5. The number of benzene rings is 2. The Hall–Kier alpha value is -1.68. The Kier molecular flexibility index (Phi) is 4.90. The second kappa shape index (κ2) is 6.66. The Morgan fingerprint density at radius 2 is 1.80 bits per heavy atom. The highest BCUT2D eigenvalue weighted by molar-refractivity contribution is 9.10. The molecule has 0 saturated heterocycles. The van der Waals surface area contributed by atoms with Crippen molar-refractivity contribution in [1.82, 2.24) is 0 Å². The van der Waals surface area contributed by atoms with Crippen LogP contribution in [0.1, 0.15) is 11.1 Å². The van der Waals surface area contributed by atoms with Crippen LogP contribution < -0.4 is 14.8 Å². The average molecular weight is 336 g/mol. The minimum absolute atomic E-state index is 0.725. The molecule has 0 aromatic heterocycles. The van der Waals surface area contributed by atoms with E-state index in [0.29, 0.717) is 0 Å². The molecular formula is C16H18BrNO2. The molecule has 2 aromatic rings. The highest BCUT2D eigenvalue weighted by Crippen LogP contribution is 2.29. The van der Waals surface area contributed by atoms with E-state index < -0.39 is 0 Å². The molecule has 0 aliphatic rings. The Morgan fingerprint density at radius 1 is 1.05 bits per heavy atom. The Morgan fingerprint density at radius 3 is 2.50 bits per heavy atom. The first-order chi connectivity index (χ1) is 9.65. The van der Waals surface area contributed by atoms with Crippen molar-refractivity contribution in [2.45, 2.75) is 13.5 Å². The zero-order valence-corrected chi connectivity index (χ0v) is 13.5. The predicted molar refractivity (Wildman–Crippen MR) is 85.8 cm³/mol. The monoisotopic (exact) mass is 335 g/mol. The van der Waals surface area contributed by atoms with Crippen LogP contribution in [0.25, 0.3) is 0 Å². The summed E-state index contributed by atoms with van der Waals surface area (Å²) in [4.78, 5) is 0. The minimum Gasteiger partial charge on any atom is -0.493 e. The fraction of sp³-hybridized carbons (Fsp3) is 0.250. The number of ether oxygens (including phenoxy) is 2. The summed E-state index contributed by atoms with van der Waals surface area (Å²) in [6.07, 6.45) is 0. The van der Waals surface area contributed by atoms with Gasteiger partial charge < -0.3 is 14.8 Å². The van der Waals surface area contributed by atoms with Crippen LogP contribution in [0.15, 0.2) is 40.9 Å². The molecule has 106 valence electrons. The molecule has 0 spiro atoms. The van der Waals surface area contributed by atoms with Crippen molar-refractivity contribution in [3.8, 4) is 11.5 Å². The van der Waals surface area contributed by atoms with Gasteiger partial charge in [0, 0.05) is 16.7 Å². The first-order valence-corrected chi connectivity index (χ1v) is 7.15. The number of hydrogen-bond donors (Lipinski definition) is 1. The molecule has 0 fully saturated rings. The standard InChI is InChI=1S/C16H18BrNO2/c1-11-5-4-6-13(16(11)17)18-10-12-7-8-14(19-2)15(9-12)20-3/h4-9,18H,10H2,1-3H3. The fourth-order valence-electron chi connectivity index (χ4n) is 1.97. The number of aryl methyl sites for hydroxylation is 1. The van der Waals surface area contributed by atoms with Crippen LogP contribution in [0, 0.1) is 6.92 Å². The summed E-state index contributed by atoms with van der Waals surface area (Å²) in [6.45, 7) is 2.80. The molecule has 0 amide bonds. The van der Waals surface area contributed by atoms with Gasteiger partial charge in [-0.15, -0.1) is 0 Å². The molecule has 1 N–H and O–H groups in total. The summed E-state index contributed by atoms with van der Waals surface area (Å²) in [5.41, 5.74) is 3.43. The van der Waals surface area contributed by atoms with E-state index in [1.165, 1.54) is 5.56 Å². The molecule has 4 heteroatoms. The van der Waals surface area contributed by atoms with Crippen LogP contribution in [0.5, 0.6) is 11.5 Å². The van der Waals surface area contributed by atoms with E-state index in [9.17, 15) is 0 Å². The van der Waals surface area contributed by atoms with Crippen molar-refractivity contribution in [2.75, 3.05) is 19.5 Å². The number of hydrogen-bond acceptors (Lipinski definition) is 3. The minimum atomic E-state index is 0.725. The summed E-state index contributed by atoms with van der Waals surface area (Å²) < 4.78 is 11.6. The normalized spacial score (nSPS) is 10.2. The molecule has 2 rings (SSSR count). The van der Waals surface area contributed by atoms with Crippen LogP contribution >= 0.6 is 15.9 Å². The third-order valence-electron chi connectivity index (χ3n) is 3.12. The van der Waals surface area contributed by atoms with Gasteiger partial charge in [-0.1, -0.05) is 18.2 Å². The fourth-order valence-corrected chi connectivity index (χ4v) is 2.38. The van der Waals surface area contributed by atoms with Gasteiger partial charge in [-0.05, 0) is 52.2 Å². The second-order valence-corrected chi connectivity index (χ2v) is 5.27. The van der Waals surface area contributed by atoms with Gasteiger partial charge in [-0.2, -0.15) is 0 Å². The van der Waals surface area contributed by atoms with Gasteiger partial charge in [-0.25, -0.2) is 0 Å². The molecule has 0 atom stereocenters. The number of methoxy groups -OCH3 is 2. The lowest BCUT2D eigenvalue weighted by Crippen LogP contribution is -2.01. The lowest BCUT2D eigenvalue weighted by atomic mass is 10.2. The SMILES string of the molecule is COc1ccc(CNc2cccc(C)c2Br)cc1OC. The van der Waals surface area contributed by atoms with E-state index in [-0.39, 0.29) is 0 Å². The smallest absolute Gasteiger partial charge is 0.161 e. The van der Waals surface area contributed by atoms with Crippen LogP contribution in [0.2, 0.25) is 0 Å². The Balaban J connectivity index is 2.13. The van der Waals surface area contributed by atoms with Gasteiger partial charge in [0.25, 0.3) is 0 Å².